The average Bonchev–Trinajstić information content (AvgIpc) is 2.65. The Kier molecular flexibility index (Phi) is 4.77. The first-order valence-electron chi connectivity index (χ1n) is 4.42. The van der Waals surface area contributed by atoms with Crippen LogP contribution < -0.4 is 10.6 Å². The van der Waals surface area contributed by atoms with Gasteiger partial charge in [0, 0.05) is 25.0 Å². The van der Waals surface area contributed by atoms with Crippen LogP contribution in [-0.4, -0.2) is 41.2 Å². The van der Waals surface area contributed by atoms with Gasteiger partial charge in [-0.15, -0.1) is 11.8 Å². The molecule has 0 spiro atoms. The zero-order valence-electron chi connectivity index (χ0n) is 7.95. The maximum absolute atomic E-state index is 11.8. The van der Waals surface area contributed by atoms with E-state index in [1.165, 1.54) is 6.92 Å². The summed E-state index contributed by atoms with van der Waals surface area (Å²) in [6.45, 7) is 2.25. The summed E-state index contributed by atoms with van der Waals surface area (Å²) in [6.07, 6.45) is 0. The van der Waals surface area contributed by atoms with Crippen LogP contribution in [0, 0.1) is 0 Å². The van der Waals surface area contributed by atoms with E-state index in [4.69, 9.17) is 0 Å². The Bertz CT molecular complexity index is 229. The molecule has 0 saturated carbocycles. The number of carbonyl (C=O) groups excluding carboxylic acids is 2. The van der Waals surface area contributed by atoms with Gasteiger partial charge in [0.15, 0.2) is 5.78 Å². The van der Waals surface area contributed by atoms with E-state index in [1.807, 2.05) is 0 Å². The van der Waals surface area contributed by atoms with Crippen LogP contribution in [0.1, 0.15) is 6.92 Å². The lowest BCUT2D eigenvalue weighted by molar-refractivity contribution is -0.126. The predicted octanol–water partition coefficient (Wildman–Crippen LogP) is -0.348. The van der Waals surface area contributed by atoms with Gasteiger partial charge in [0.1, 0.15) is 5.37 Å². The minimum atomic E-state index is -0.473. The normalized spacial score (nSPS) is 23.1. The third kappa shape index (κ3) is 3.18. The molecule has 2 atom stereocenters. The first-order valence-corrected chi connectivity index (χ1v) is 6.10. The number of hydrogen-bond acceptors (Lipinski definition) is 5. The Labute approximate surface area is 93.0 Å². The maximum atomic E-state index is 11.8. The van der Waals surface area contributed by atoms with Crippen molar-refractivity contribution in [3.05, 3.63) is 0 Å². The van der Waals surface area contributed by atoms with Gasteiger partial charge in [-0.1, -0.05) is 0 Å². The smallest absolute Gasteiger partial charge is 0.217 e. The third-order valence-electron chi connectivity index (χ3n) is 1.88. The van der Waals surface area contributed by atoms with Crippen LogP contribution in [0.5, 0.6) is 0 Å². The Morgan fingerprint density at radius 2 is 2.43 bits per heavy atom. The summed E-state index contributed by atoms with van der Waals surface area (Å²) in [5.74, 6) is 1.10. The van der Waals surface area contributed by atoms with E-state index >= 15 is 0 Å². The second-order valence-corrected chi connectivity index (χ2v) is 4.62. The fourth-order valence-electron chi connectivity index (χ4n) is 1.24. The van der Waals surface area contributed by atoms with E-state index in [9.17, 15) is 9.59 Å². The molecule has 1 rings (SSSR count). The molecule has 0 aromatic heterocycles. The van der Waals surface area contributed by atoms with Gasteiger partial charge in [0.2, 0.25) is 5.91 Å². The lowest BCUT2D eigenvalue weighted by Crippen LogP contribution is -2.47. The van der Waals surface area contributed by atoms with Crippen molar-refractivity contribution < 1.29 is 9.59 Å². The maximum Gasteiger partial charge on any atom is 0.217 e. The van der Waals surface area contributed by atoms with Crippen LogP contribution in [0.4, 0.5) is 0 Å². The summed E-state index contributed by atoms with van der Waals surface area (Å²) in [5.41, 5.74) is 0. The highest BCUT2D eigenvalue weighted by Crippen LogP contribution is 2.16. The SMILES string of the molecule is CC(=O)N[C@@H](CS)C(=O)C1NCCS1. The molecule has 4 nitrogen and oxygen atoms in total. The number of carbonyl (C=O) groups is 2. The minimum Gasteiger partial charge on any atom is -0.346 e. The summed E-state index contributed by atoms with van der Waals surface area (Å²) in [5, 5.41) is 5.48. The van der Waals surface area contributed by atoms with Gasteiger partial charge in [-0.3, -0.25) is 14.9 Å². The van der Waals surface area contributed by atoms with Crippen LogP contribution in [0.25, 0.3) is 0 Å². The molecular formula is C8H14N2O2S2. The standard InChI is InChI=1S/C8H14N2O2S2/c1-5(11)10-6(4-13)7(12)8-9-2-3-14-8/h6,8-9,13H,2-4H2,1H3,(H,10,11)/t6-,8?/m0/s1. The van der Waals surface area contributed by atoms with Crippen molar-refractivity contribution in [1.82, 2.24) is 10.6 Å². The molecule has 1 saturated heterocycles. The highest BCUT2D eigenvalue weighted by Gasteiger charge is 2.29. The number of hydrogen-bond donors (Lipinski definition) is 3. The van der Waals surface area contributed by atoms with Gasteiger partial charge < -0.3 is 5.32 Å². The van der Waals surface area contributed by atoms with Gasteiger partial charge in [-0.25, -0.2) is 0 Å². The molecule has 14 heavy (non-hydrogen) atoms. The summed E-state index contributed by atoms with van der Waals surface area (Å²) in [7, 11) is 0. The number of thioether (sulfide) groups is 1. The monoisotopic (exact) mass is 234 g/mol. The molecule has 0 aromatic carbocycles. The second-order valence-electron chi connectivity index (χ2n) is 3.04. The van der Waals surface area contributed by atoms with Crippen molar-refractivity contribution in [3.8, 4) is 0 Å². The van der Waals surface area contributed by atoms with Crippen molar-refractivity contribution >= 4 is 36.1 Å². The Balaban J connectivity index is 2.50. The van der Waals surface area contributed by atoms with E-state index in [0.29, 0.717) is 5.75 Å². The third-order valence-corrected chi connectivity index (χ3v) is 3.42. The van der Waals surface area contributed by atoms with E-state index in [-0.39, 0.29) is 17.1 Å². The molecule has 0 aliphatic carbocycles. The minimum absolute atomic E-state index is 0.0118. The van der Waals surface area contributed by atoms with Crippen molar-refractivity contribution in [3.63, 3.8) is 0 Å². The van der Waals surface area contributed by atoms with E-state index in [0.717, 1.165) is 12.3 Å². The van der Waals surface area contributed by atoms with Gasteiger partial charge in [0.25, 0.3) is 0 Å². The molecule has 1 aliphatic heterocycles. The summed E-state index contributed by atoms with van der Waals surface area (Å²) in [6, 6.07) is -0.473. The predicted molar refractivity (Wildman–Crippen MR) is 60.7 cm³/mol. The number of rotatable bonds is 4. The topological polar surface area (TPSA) is 58.2 Å². The number of ketones is 1. The van der Waals surface area contributed by atoms with E-state index < -0.39 is 6.04 Å². The van der Waals surface area contributed by atoms with Crippen molar-refractivity contribution in [2.45, 2.75) is 18.3 Å². The zero-order valence-corrected chi connectivity index (χ0v) is 9.66. The Morgan fingerprint density at radius 1 is 1.71 bits per heavy atom. The van der Waals surface area contributed by atoms with Crippen molar-refractivity contribution in [2.75, 3.05) is 18.1 Å². The molecule has 6 heteroatoms. The summed E-state index contributed by atoms with van der Waals surface area (Å²) >= 11 is 5.62. The number of Topliss-reactive ketones (excluding diaryl/α,β-unsaturated/α-hetero) is 1. The van der Waals surface area contributed by atoms with E-state index in [2.05, 4.69) is 23.3 Å². The first-order chi connectivity index (χ1) is 6.65. The lowest BCUT2D eigenvalue weighted by atomic mass is 10.2. The van der Waals surface area contributed by atoms with Gasteiger partial charge in [-0.2, -0.15) is 12.6 Å². The Hall–Kier alpha value is -0.200. The molecule has 0 radical (unpaired) electrons. The summed E-state index contributed by atoms with van der Waals surface area (Å²) in [4.78, 5) is 22.6. The van der Waals surface area contributed by atoms with Crippen LogP contribution >= 0.6 is 24.4 Å². The van der Waals surface area contributed by atoms with Crippen LogP contribution in [0.2, 0.25) is 0 Å². The molecule has 1 fully saturated rings. The fraction of sp³-hybridized carbons (Fsp3) is 0.750. The fourth-order valence-corrected chi connectivity index (χ4v) is 2.55. The van der Waals surface area contributed by atoms with Gasteiger partial charge in [-0.05, 0) is 0 Å². The van der Waals surface area contributed by atoms with Gasteiger partial charge >= 0.3 is 0 Å². The molecule has 0 bridgehead atoms. The molecule has 1 unspecified atom stereocenters. The van der Waals surface area contributed by atoms with E-state index in [1.54, 1.807) is 11.8 Å². The number of thiol groups is 1. The zero-order chi connectivity index (χ0) is 10.6. The molecule has 1 aliphatic rings. The van der Waals surface area contributed by atoms with Gasteiger partial charge in [0.05, 0.1) is 6.04 Å². The van der Waals surface area contributed by atoms with Crippen molar-refractivity contribution in [2.24, 2.45) is 0 Å². The van der Waals surface area contributed by atoms with Crippen molar-refractivity contribution in [1.29, 1.82) is 0 Å². The second kappa shape index (κ2) is 5.63. The molecule has 0 aromatic rings. The average molecular weight is 234 g/mol. The molecule has 1 heterocycles. The van der Waals surface area contributed by atoms with Crippen LogP contribution in [0.15, 0.2) is 0 Å². The highest BCUT2D eigenvalue weighted by atomic mass is 32.2. The lowest BCUT2D eigenvalue weighted by Gasteiger charge is -2.17. The number of amides is 1. The van der Waals surface area contributed by atoms with Crippen LogP contribution in [-0.2, 0) is 9.59 Å². The number of nitrogens with one attached hydrogen (secondary N) is 2. The summed E-state index contributed by atoms with van der Waals surface area (Å²) < 4.78 is 0. The quantitative estimate of drug-likeness (QED) is 0.582. The van der Waals surface area contributed by atoms with Crippen LogP contribution in [0.3, 0.4) is 0 Å². The Morgan fingerprint density at radius 3 is 2.86 bits per heavy atom. The highest BCUT2D eigenvalue weighted by molar-refractivity contribution is 8.00. The molecule has 80 valence electrons. The molecular weight excluding hydrogens is 220 g/mol. The first kappa shape index (κ1) is 11.9. The molecule has 1 amide bonds. The largest absolute Gasteiger partial charge is 0.346 e. The molecule has 2 N–H and O–H groups in total.